The molecule has 0 atom stereocenters. The summed E-state index contributed by atoms with van der Waals surface area (Å²) in [7, 11) is -0.270. The van der Waals surface area contributed by atoms with Crippen LogP contribution in [0.4, 0.5) is 0 Å². The Morgan fingerprint density at radius 1 is 1.15 bits per heavy atom. The molecule has 0 aliphatic heterocycles. The van der Waals surface area contributed by atoms with Crippen LogP contribution in [0.2, 0.25) is 0 Å². The molecule has 1 aromatic carbocycles. The fraction of sp³-hybridized carbons (Fsp3) is 0.600. The predicted octanol–water partition coefficient (Wildman–Crippen LogP) is 2.46. The van der Waals surface area contributed by atoms with E-state index in [1.807, 2.05) is 12.1 Å². The van der Waals surface area contributed by atoms with E-state index in [-0.39, 0.29) is 5.41 Å². The molecular formula is C15H26N2O2S. The molecule has 0 fully saturated rings. The van der Waals surface area contributed by atoms with Crippen molar-refractivity contribution < 1.29 is 8.42 Å². The maximum absolute atomic E-state index is 12.2. The van der Waals surface area contributed by atoms with Crippen LogP contribution in [0.5, 0.6) is 0 Å². The maximum Gasteiger partial charge on any atom is 0.242 e. The van der Waals surface area contributed by atoms with Crippen molar-refractivity contribution in [2.45, 2.75) is 38.6 Å². The van der Waals surface area contributed by atoms with Gasteiger partial charge in [-0.05, 0) is 30.0 Å². The summed E-state index contributed by atoms with van der Waals surface area (Å²) in [6.45, 7) is 8.02. The number of nitrogens with zero attached hydrogens (tertiary/aromatic N) is 1. The van der Waals surface area contributed by atoms with Crippen LogP contribution in [0.1, 0.15) is 32.8 Å². The molecule has 0 aliphatic carbocycles. The number of nitrogens with one attached hydrogen (secondary N) is 1. The molecule has 1 N–H and O–H groups in total. The van der Waals surface area contributed by atoms with Crippen molar-refractivity contribution in [3.05, 3.63) is 29.8 Å². The zero-order chi connectivity index (χ0) is 15.4. The van der Waals surface area contributed by atoms with Crippen molar-refractivity contribution in [3.8, 4) is 0 Å². The van der Waals surface area contributed by atoms with Crippen LogP contribution in [0.3, 0.4) is 0 Å². The summed E-state index contributed by atoms with van der Waals surface area (Å²) in [5.41, 5.74) is 1.09. The van der Waals surface area contributed by atoms with Gasteiger partial charge in [0.25, 0.3) is 0 Å². The third-order valence-corrected chi connectivity index (χ3v) is 5.01. The van der Waals surface area contributed by atoms with Crippen molar-refractivity contribution >= 4 is 10.0 Å². The van der Waals surface area contributed by atoms with E-state index in [4.69, 9.17) is 0 Å². The average Bonchev–Trinajstić information content (AvgIpc) is 2.33. The number of rotatable bonds is 6. The minimum atomic E-state index is -3.38. The minimum absolute atomic E-state index is 0.280. The summed E-state index contributed by atoms with van der Waals surface area (Å²) in [4.78, 5) is 0.383. The fourth-order valence-electron chi connectivity index (χ4n) is 1.78. The Bertz CT molecular complexity index is 531. The lowest BCUT2D eigenvalue weighted by atomic mass is 9.92. The van der Waals surface area contributed by atoms with Crippen molar-refractivity contribution in [2.75, 3.05) is 20.6 Å². The second-order valence-electron chi connectivity index (χ2n) is 6.38. The second-order valence-corrected chi connectivity index (χ2v) is 8.50. The van der Waals surface area contributed by atoms with E-state index in [0.29, 0.717) is 11.4 Å². The molecule has 0 saturated heterocycles. The van der Waals surface area contributed by atoms with Gasteiger partial charge in [-0.15, -0.1) is 0 Å². The van der Waals surface area contributed by atoms with Crippen molar-refractivity contribution in [2.24, 2.45) is 5.41 Å². The Morgan fingerprint density at radius 3 is 2.30 bits per heavy atom. The van der Waals surface area contributed by atoms with E-state index in [1.54, 1.807) is 26.2 Å². The first-order valence-corrected chi connectivity index (χ1v) is 8.30. The number of hydrogen-bond donors (Lipinski definition) is 1. The molecule has 0 heterocycles. The lowest BCUT2D eigenvalue weighted by Crippen LogP contribution is -2.25. The Morgan fingerprint density at radius 2 is 1.75 bits per heavy atom. The fourth-order valence-corrected chi connectivity index (χ4v) is 2.90. The summed E-state index contributed by atoms with van der Waals surface area (Å²) >= 11 is 0. The maximum atomic E-state index is 12.2. The van der Waals surface area contributed by atoms with Crippen LogP contribution >= 0.6 is 0 Å². The van der Waals surface area contributed by atoms with E-state index in [0.717, 1.165) is 18.5 Å². The molecule has 114 valence electrons. The van der Waals surface area contributed by atoms with Crippen molar-refractivity contribution in [3.63, 3.8) is 0 Å². The third-order valence-electron chi connectivity index (χ3n) is 3.10. The first-order chi connectivity index (χ1) is 9.14. The van der Waals surface area contributed by atoms with Crippen LogP contribution in [-0.2, 0) is 16.6 Å². The van der Waals surface area contributed by atoms with Gasteiger partial charge in [0, 0.05) is 20.6 Å². The molecule has 0 saturated carbocycles. The van der Waals surface area contributed by atoms with Gasteiger partial charge in [-0.25, -0.2) is 12.7 Å². The van der Waals surface area contributed by atoms with E-state index >= 15 is 0 Å². The van der Waals surface area contributed by atoms with Crippen LogP contribution in [0.15, 0.2) is 29.2 Å². The Labute approximate surface area is 123 Å². The van der Waals surface area contributed by atoms with Crippen molar-refractivity contribution in [1.29, 1.82) is 0 Å². The zero-order valence-electron chi connectivity index (χ0n) is 13.1. The highest BCUT2D eigenvalue weighted by Gasteiger charge is 2.20. The smallest absolute Gasteiger partial charge is 0.242 e. The minimum Gasteiger partial charge on any atom is -0.313 e. The molecule has 0 unspecified atom stereocenters. The van der Waals surface area contributed by atoms with Gasteiger partial charge in [0.05, 0.1) is 4.90 Å². The molecule has 20 heavy (non-hydrogen) atoms. The predicted molar refractivity (Wildman–Crippen MR) is 83.1 cm³/mol. The molecule has 4 nitrogen and oxygen atoms in total. The zero-order valence-corrected chi connectivity index (χ0v) is 13.9. The normalized spacial score (nSPS) is 12.9. The van der Waals surface area contributed by atoms with Crippen LogP contribution < -0.4 is 5.32 Å². The Hall–Kier alpha value is -0.910. The van der Waals surface area contributed by atoms with Crippen molar-refractivity contribution in [1.82, 2.24) is 9.62 Å². The lowest BCUT2D eigenvalue weighted by Gasteiger charge is -2.19. The second kappa shape index (κ2) is 6.70. The highest BCUT2D eigenvalue weighted by molar-refractivity contribution is 7.89. The van der Waals surface area contributed by atoms with Gasteiger partial charge in [-0.2, -0.15) is 0 Å². The van der Waals surface area contributed by atoms with Gasteiger partial charge in [0.15, 0.2) is 0 Å². The molecule has 0 aliphatic rings. The Balaban J connectivity index is 2.78. The largest absolute Gasteiger partial charge is 0.313 e. The molecule has 0 spiro atoms. The standard InChI is InChI=1S/C15H26N2O2S/c1-15(2,3)10-11-16-12-13-8-6-7-9-14(13)20(18,19)17(4)5/h6-9,16H,10-12H2,1-5H3. The summed E-state index contributed by atoms with van der Waals surface area (Å²) in [6, 6.07) is 7.15. The van der Waals surface area contributed by atoms with E-state index in [1.165, 1.54) is 4.31 Å². The third kappa shape index (κ3) is 4.89. The number of hydrogen-bond acceptors (Lipinski definition) is 3. The van der Waals surface area contributed by atoms with Crippen LogP contribution in [0, 0.1) is 5.41 Å². The molecule has 5 heteroatoms. The number of sulfonamides is 1. The van der Waals surface area contributed by atoms with E-state index in [2.05, 4.69) is 26.1 Å². The SMILES string of the molecule is CN(C)S(=O)(=O)c1ccccc1CNCCC(C)(C)C. The quantitative estimate of drug-likeness (QED) is 0.821. The molecule has 0 aromatic heterocycles. The summed E-state index contributed by atoms with van der Waals surface area (Å²) < 4.78 is 25.7. The van der Waals surface area contributed by atoms with Crippen LogP contribution in [0.25, 0.3) is 0 Å². The number of benzene rings is 1. The Kier molecular flexibility index (Phi) is 5.74. The van der Waals surface area contributed by atoms with Gasteiger partial charge in [-0.3, -0.25) is 0 Å². The van der Waals surface area contributed by atoms with Gasteiger partial charge >= 0.3 is 0 Å². The van der Waals surface area contributed by atoms with Gasteiger partial charge < -0.3 is 5.32 Å². The first kappa shape index (κ1) is 17.1. The molecule has 1 aromatic rings. The molecule has 0 radical (unpaired) electrons. The lowest BCUT2D eigenvalue weighted by molar-refractivity contribution is 0.366. The average molecular weight is 298 g/mol. The highest BCUT2D eigenvalue weighted by Crippen LogP contribution is 2.19. The summed E-state index contributed by atoms with van der Waals surface area (Å²) in [5, 5.41) is 3.33. The van der Waals surface area contributed by atoms with E-state index < -0.39 is 10.0 Å². The van der Waals surface area contributed by atoms with Gasteiger partial charge in [0.1, 0.15) is 0 Å². The molecule has 1 rings (SSSR count). The molecule has 0 bridgehead atoms. The van der Waals surface area contributed by atoms with Crippen LogP contribution in [-0.4, -0.2) is 33.4 Å². The monoisotopic (exact) mass is 298 g/mol. The summed E-state index contributed by atoms with van der Waals surface area (Å²) in [6.07, 6.45) is 1.05. The summed E-state index contributed by atoms with van der Waals surface area (Å²) in [5.74, 6) is 0. The first-order valence-electron chi connectivity index (χ1n) is 6.86. The van der Waals surface area contributed by atoms with Gasteiger partial charge in [0.2, 0.25) is 10.0 Å². The van der Waals surface area contributed by atoms with E-state index in [9.17, 15) is 8.42 Å². The van der Waals surface area contributed by atoms with Gasteiger partial charge in [-0.1, -0.05) is 39.0 Å². The molecular weight excluding hydrogens is 272 g/mol. The highest BCUT2D eigenvalue weighted by atomic mass is 32.2. The topological polar surface area (TPSA) is 49.4 Å². The molecule has 0 amide bonds.